The van der Waals surface area contributed by atoms with Crippen molar-refractivity contribution in [1.29, 1.82) is 16.2 Å². The minimum atomic E-state index is 0.136. The number of aromatic nitrogens is 1. The van der Waals surface area contributed by atoms with Crippen molar-refractivity contribution >= 4 is 30.4 Å². The van der Waals surface area contributed by atoms with Gasteiger partial charge in [-0.2, -0.15) is 0 Å². The van der Waals surface area contributed by atoms with Crippen LogP contribution in [-0.2, 0) is 6.42 Å². The summed E-state index contributed by atoms with van der Waals surface area (Å²) in [6.45, 7) is 9.00. The summed E-state index contributed by atoms with van der Waals surface area (Å²) in [7, 11) is 3.75. The van der Waals surface area contributed by atoms with Gasteiger partial charge in [-0.25, -0.2) is 0 Å². The number of aldehydes is 1. The molecule has 4 N–H and O–H groups in total. The Hall–Kier alpha value is -2.81. The lowest BCUT2D eigenvalue weighted by molar-refractivity contribution is -0.119. The van der Waals surface area contributed by atoms with Crippen LogP contribution in [0.1, 0.15) is 60.2 Å². The summed E-state index contributed by atoms with van der Waals surface area (Å²) in [6, 6.07) is 5.47. The number of carbonyl (C=O) groups excluding carboxylic acids is 1. The molecule has 1 aromatic carbocycles. The van der Waals surface area contributed by atoms with Crippen molar-refractivity contribution in [3.05, 3.63) is 57.2 Å². The van der Waals surface area contributed by atoms with E-state index in [1.807, 2.05) is 47.0 Å². The summed E-state index contributed by atoms with van der Waals surface area (Å²) in [5.74, 6) is 0.626. The number of nitrogens with zero attached hydrogens (tertiary/aromatic N) is 2. The van der Waals surface area contributed by atoms with Crippen LogP contribution in [0.15, 0.2) is 24.4 Å². The Labute approximate surface area is 225 Å². The van der Waals surface area contributed by atoms with E-state index in [-0.39, 0.29) is 11.6 Å². The Kier molecular flexibility index (Phi) is 11.7. The van der Waals surface area contributed by atoms with Gasteiger partial charge < -0.3 is 20.4 Å². The van der Waals surface area contributed by atoms with Crippen molar-refractivity contribution < 1.29 is 9.53 Å². The quantitative estimate of drug-likeness (QED) is 0.217. The van der Waals surface area contributed by atoms with Crippen molar-refractivity contribution in [2.45, 2.75) is 52.6 Å². The molecule has 37 heavy (non-hydrogen) atoms. The lowest BCUT2D eigenvalue weighted by atomic mass is 9.61. The highest BCUT2D eigenvalue weighted by Gasteiger charge is 2.53. The number of ether oxygens (including phenoxy) is 1. The molecule has 202 valence electrons. The van der Waals surface area contributed by atoms with Gasteiger partial charge in [-0.3, -0.25) is 20.2 Å². The van der Waals surface area contributed by atoms with E-state index >= 15 is 0 Å². The molecule has 1 saturated heterocycles. The molecule has 2 aromatic rings. The first-order chi connectivity index (χ1) is 17.8. The van der Waals surface area contributed by atoms with Crippen LogP contribution in [0.3, 0.4) is 0 Å². The normalized spacial score (nSPS) is 15.7. The molecular weight excluding hydrogens is 488 g/mol. The second kappa shape index (κ2) is 14.2. The van der Waals surface area contributed by atoms with Gasteiger partial charge in [0.2, 0.25) is 0 Å². The SMILES string of the molecule is CC.CNC.Cc1ccc(OC2CC3(C2)CN(CCCc2cc(=N)n(C=N)cc2Cl)C3)c(C=N)c1C=O. The van der Waals surface area contributed by atoms with Crippen molar-refractivity contribution in [1.82, 2.24) is 14.8 Å². The van der Waals surface area contributed by atoms with E-state index in [1.54, 1.807) is 12.3 Å². The molecule has 1 aliphatic heterocycles. The van der Waals surface area contributed by atoms with E-state index in [0.29, 0.717) is 27.3 Å². The van der Waals surface area contributed by atoms with Gasteiger partial charge in [0.15, 0.2) is 6.29 Å². The molecule has 0 bridgehead atoms. The Morgan fingerprint density at radius 2 is 1.84 bits per heavy atom. The fraction of sp³-hybridized carbons (Fsp3) is 0.500. The molecule has 0 unspecified atom stereocenters. The smallest absolute Gasteiger partial charge is 0.151 e. The van der Waals surface area contributed by atoms with Crippen LogP contribution in [0, 0.1) is 28.6 Å². The standard InChI is InChI=1S/C24H28ClN5O2.C2H7N.C2H6/c1-16-4-5-22(19(10-26)20(16)12-31)32-18-8-24(9-18)13-29(14-24)6-2-3-17-7-23(28)30(15-27)11-21(17)25;1-3-2;1-2/h4-5,7,10-12,15,18,26-28H,2-3,6,8-9,13-14H2,1H3;3H,1-2H3;1-2H3. The molecule has 0 radical (unpaired) electrons. The topological polar surface area (TPSA) is 118 Å². The fourth-order valence-electron chi connectivity index (χ4n) is 5.00. The minimum Gasteiger partial charge on any atom is -0.490 e. The highest BCUT2D eigenvalue weighted by atomic mass is 35.5. The van der Waals surface area contributed by atoms with E-state index in [4.69, 9.17) is 32.6 Å². The van der Waals surface area contributed by atoms with Crippen LogP contribution in [-0.4, -0.2) is 68.1 Å². The maximum atomic E-state index is 11.4. The number of pyridine rings is 1. The van der Waals surface area contributed by atoms with Crippen molar-refractivity contribution in [3.8, 4) is 5.75 Å². The maximum absolute atomic E-state index is 11.4. The zero-order valence-corrected chi connectivity index (χ0v) is 23.4. The summed E-state index contributed by atoms with van der Waals surface area (Å²) >= 11 is 6.28. The van der Waals surface area contributed by atoms with Gasteiger partial charge in [0, 0.05) is 42.0 Å². The lowest BCUT2D eigenvalue weighted by Crippen LogP contribution is -2.64. The average molecular weight is 529 g/mol. The van der Waals surface area contributed by atoms with E-state index in [2.05, 4.69) is 10.2 Å². The summed E-state index contributed by atoms with van der Waals surface area (Å²) in [5, 5.41) is 26.2. The summed E-state index contributed by atoms with van der Waals surface area (Å²) < 4.78 is 7.53. The fourth-order valence-corrected chi connectivity index (χ4v) is 5.25. The second-order valence-corrected chi connectivity index (χ2v) is 9.91. The average Bonchev–Trinajstić information content (AvgIpc) is 2.85. The van der Waals surface area contributed by atoms with Crippen molar-refractivity contribution in [3.63, 3.8) is 0 Å². The van der Waals surface area contributed by atoms with Gasteiger partial charge in [0.05, 0.1) is 17.5 Å². The number of hydrogen-bond acceptors (Lipinski definition) is 7. The molecule has 2 aliphatic rings. The molecular formula is C28H41ClN6O2. The Balaban J connectivity index is 0.000000898. The first-order valence-corrected chi connectivity index (χ1v) is 13.2. The van der Waals surface area contributed by atoms with E-state index in [9.17, 15) is 4.79 Å². The Bertz CT molecular complexity index is 1130. The number of likely N-dealkylation sites (tertiary alicyclic amines) is 1. The molecule has 9 heteroatoms. The highest BCUT2D eigenvalue weighted by Crippen LogP contribution is 2.50. The highest BCUT2D eigenvalue weighted by molar-refractivity contribution is 6.31. The number of aryl methyl sites for hydroxylation is 2. The summed E-state index contributed by atoms with van der Waals surface area (Å²) in [5.41, 5.74) is 3.51. The second-order valence-electron chi connectivity index (χ2n) is 9.50. The molecule has 1 saturated carbocycles. The van der Waals surface area contributed by atoms with Crippen LogP contribution in [0.2, 0.25) is 5.02 Å². The van der Waals surface area contributed by atoms with Crippen LogP contribution in [0.5, 0.6) is 5.75 Å². The van der Waals surface area contributed by atoms with E-state index < -0.39 is 0 Å². The number of hydrogen-bond donors (Lipinski definition) is 4. The van der Waals surface area contributed by atoms with E-state index in [1.165, 1.54) is 10.8 Å². The van der Waals surface area contributed by atoms with Crippen molar-refractivity contribution in [2.24, 2.45) is 5.41 Å². The Morgan fingerprint density at radius 3 is 2.41 bits per heavy atom. The number of rotatable bonds is 9. The first kappa shape index (κ1) is 30.4. The predicted molar refractivity (Wildman–Crippen MR) is 151 cm³/mol. The lowest BCUT2D eigenvalue weighted by Gasteiger charge is -2.58. The van der Waals surface area contributed by atoms with E-state index in [0.717, 1.165) is 69.1 Å². The Morgan fingerprint density at radius 1 is 1.19 bits per heavy atom. The van der Waals surface area contributed by atoms with Gasteiger partial charge in [-0.05, 0) is 76.5 Å². The molecule has 0 atom stereocenters. The van der Waals surface area contributed by atoms with Gasteiger partial charge in [-0.1, -0.05) is 31.5 Å². The predicted octanol–water partition coefficient (Wildman–Crippen LogP) is 4.53. The van der Waals surface area contributed by atoms with Crippen molar-refractivity contribution in [2.75, 3.05) is 33.7 Å². The molecule has 8 nitrogen and oxygen atoms in total. The summed E-state index contributed by atoms with van der Waals surface area (Å²) in [4.78, 5) is 13.8. The van der Waals surface area contributed by atoms with Gasteiger partial charge in [-0.15, -0.1) is 0 Å². The monoisotopic (exact) mass is 528 g/mol. The van der Waals surface area contributed by atoms with Crippen LogP contribution in [0.25, 0.3) is 0 Å². The third-order valence-corrected chi connectivity index (χ3v) is 7.01. The number of carbonyl (C=O) groups is 1. The number of nitrogens with one attached hydrogen (secondary N) is 4. The largest absolute Gasteiger partial charge is 0.490 e. The number of benzene rings is 1. The molecule has 4 rings (SSSR count). The third kappa shape index (κ3) is 7.37. The number of halogens is 1. The first-order valence-electron chi connectivity index (χ1n) is 12.8. The maximum Gasteiger partial charge on any atom is 0.151 e. The third-order valence-electron chi connectivity index (χ3n) is 6.67. The molecule has 0 amide bonds. The van der Waals surface area contributed by atoms with Gasteiger partial charge in [0.1, 0.15) is 11.2 Å². The zero-order chi connectivity index (χ0) is 27.6. The van der Waals surface area contributed by atoms with Crippen LogP contribution in [0.4, 0.5) is 0 Å². The molecule has 2 heterocycles. The van der Waals surface area contributed by atoms with Gasteiger partial charge >= 0.3 is 0 Å². The summed E-state index contributed by atoms with van der Waals surface area (Å²) in [6.07, 6.45) is 8.64. The molecule has 1 aliphatic carbocycles. The molecule has 1 aromatic heterocycles. The van der Waals surface area contributed by atoms with Crippen LogP contribution < -0.4 is 15.5 Å². The van der Waals surface area contributed by atoms with Gasteiger partial charge in [0.25, 0.3) is 0 Å². The van der Waals surface area contributed by atoms with Crippen LogP contribution >= 0.6 is 11.6 Å². The molecule has 2 fully saturated rings. The molecule has 1 spiro atoms. The minimum absolute atomic E-state index is 0.136. The zero-order valence-electron chi connectivity index (χ0n) is 22.7.